The van der Waals surface area contributed by atoms with Gasteiger partial charge >= 0.3 is 12.4 Å². The van der Waals surface area contributed by atoms with Crippen LogP contribution in [0.5, 0.6) is 5.75 Å². The minimum absolute atomic E-state index is 0.0676. The van der Waals surface area contributed by atoms with Gasteiger partial charge in [-0.3, -0.25) is 4.79 Å². The van der Waals surface area contributed by atoms with Crippen molar-refractivity contribution in [2.24, 2.45) is 0 Å². The van der Waals surface area contributed by atoms with Gasteiger partial charge in [0.1, 0.15) is 12.4 Å². The lowest BCUT2D eigenvalue weighted by Crippen LogP contribution is -2.25. The van der Waals surface area contributed by atoms with Gasteiger partial charge in [-0.15, -0.1) is 0 Å². The summed E-state index contributed by atoms with van der Waals surface area (Å²) >= 11 is 0. The highest BCUT2D eigenvalue weighted by atomic mass is 19.4. The maximum Gasteiger partial charge on any atom is 0.416 e. The van der Waals surface area contributed by atoms with Crippen LogP contribution in [-0.2, 0) is 35.0 Å². The van der Waals surface area contributed by atoms with E-state index in [9.17, 15) is 31.1 Å². The molecule has 0 radical (unpaired) electrons. The zero-order valence-electron chi connectivity index (χ0n) is 15.9. The van der Waals surface area contributed by atoms with Gasteiger partial charge in [-0.2, -0.15) is 26.3 Å². The number of carbonyl (C=O) groups excluding carboxylic acids is 1. The first-order valence-electron chi connectivity index (χ1n) is 8.71. The second-order valence-electron chi connectivity index (χ2n) is 6.42. The lowest BCUT2D eigenvalue weighted by atomic mass is 10.1. The van der Waals surface area contributed by atoms with Crippen molar-refractivity contribution in [1.82, 2.24) is 4.90 Å². The van der Waals surface area contributed by atoms with E-state index in [4.69, 9.17) is 9.47 Å². The van der Waals surface area contributed by atoms with Crippen LogP contribution >= 0.6 is 0 Å². The molecule has 0 aliphatic carbocycles. The van der Waals surface area contributed by atoms with Crippen molar-refractivity contribution in [2.45, 2.75) is 25.5 Å². The molecule has 0 saturated heterocycles. The largest absolute Gasteiger partial charge is 0.489 e. The number of methoxy groups -OCH3 is 1. The molecule has 0 spiro atoms. The Morgan fingerprint density at radius 3 is 2.10 bits per heavy atom. The van der Waals surface area contributed by atoms with Gasteiger partial charge < -0.3 is 14.4 Å². The van der Waals surface area contributed by atoms with Crippen LogP contribution in [-0.4, -0.2) is 31.6 Å². The summed E-state index contributed by atoms with van der Waals surface area (Å²) in [6.07, 6.45) is -9.19. The molecule has 2 rings (SSSR count). The molecule has 0 aliphatic heterocycles. The zero-order chi connectivity index (χ0) is 22.4. The molecule has 0 N–H and O–H groups in total. The van der Waals surface area contributed by atoms with Gasteiger partial charge in [0.2, 0.25) is 6.41 Å². The number of ether oxygens (including phenoxy) is 2. The average molecular weight is 435 g/mol. The molecule has 4 nitrogen and oxygen atoms in total. The predicted molar refractivity (Wildman–Crippen MR) is 95.6 cm³/mol. The summed E-state index contributed by atoms with van der Waals surface area (Å²) in [6, 6.07) is 7.71. The van der Waals surface area contributed by atoms with E-state index < -0.39 is 30.1 Å². The Morgan fingerprint density at radius 2 is 1.57 bits per heavy atom. The number of hydrogen-bond donors (Lipinski definition) is 0. The minimum atomic E-state index is -4.92. The van der Waals surface area contributed by atoms with Gasteiger partial charge in [0.25, 0.3) is 0 Å². The average Bonchev–Trinajstić information content (AvgIpc) is 2.68. The lowest BCUT2D eigenvalue weighted by molar-refractivity contribution is -0.143. The van der Waals surface area contributed by atoms with Crippen LogP contribution in [0.4, 0.5) is 26.3 Å². The van der Waals surface area contributed by atoms with Crippen molar-refractivity contribution < 1.29 is 40.6 Å². The molecule has 0 heterocycles. The minimum Gasteiger partial charge on any atom is -0.489 e. The zero-order valence-corrected chi connectivity index (χ0v) is 15.9. The molecule has 2 aromatic rings. The fraction of sp³-hybridized carbons (Fsp3) is 0.350. The third-order valence-corrected chi connectivity index (χ3v) is 4.07. The van der Waals surface area contributed by atoms with Gasteiger partial charge in [0, 0.05) is 20.2 Å². The van der Waals surface area contributed by atoms with E-state index >= 15 is 0 Å². The summed E-state index contributed by atoms with van der Waals surface area (Å²) in [5, 5.41) is 0. The van der Waals surface area contributed by atoms with Crippen molar-refractivity contribution in [2.75, 3.05) is 20.3 Å². The van der Waals surface area contributed by atoms with Crippen LogP contribution in [0.15, 0.2) is 42.5 Å². The smallest absolute Gasteiger partial charge is 0.416 e. The highest BCUT2D eigenvalue weighted by Gasteiger charge is 2.36. The highest BCUT2D eigenvalue weighted by molar-refractivity contribution is 5.47. The van der Waals surface area contributed by atoms with Crippen LogP contribution in [0.3, 0.4) is 0 Å². The summed E-state index contributed by atoms with van der Waals surface area (Å²) in [5.74, 6) is 0.246. The van der Waals surface area contributed by atoms with Crippen LogP contribution < -0.4 is 4.74 Å². The molecule has 164 valence electrons. The monoisotopic (exact) mass is 435 g/mol. The SMILES string of the molecule is COCCN(C=O)Cc1cccc(OCc2cc(C(F)(F)F)cc(C(F)(F)F)c2)c1. The quantitative estimate of drug-likeness (QED) is 0.415. The number of halogens is 6. The van der Waals surface area contributed by atoms with E-state index in [0.717, 1.165) is 0 Å². The number of nitrogens with zero attached hydrogens (tertiary/aromatic N) is 1. The molecule has 0 aromatic heterocycles. The number of benzene rings is 2. The number of amides is 1. The van der Waals surface area contributed by atoms with E-state index in [1.807, 2.05) is 0 Å². The molecule has 0 fully saturated rings. The first-order valence-corrected chi connectivity index (χ1v) is 8.71. The van der Waals surface area contributed by atoms with Crippen LogP contribution in [0.25, 0.3) is 0 Å². The van der Waals surface area contributed by atoms with Gasteiger partial charge in [-0.05, 0) is 41.5 Å². The molecule has 0 aliphatic rings. The number of carbonyl (C=O) groups is 1. The molecule has 0 saturated carbocycles. The molecule has 0 atom stereocenters. The van der Waals surface area contributed by atoms with Crippen molar-refractivity contribution in [3.8, 4) is 5.75 Å². The number of hydrogen-bond acceptors (Lipinski definition) is 3. The maximum atomic E-state index is 12.9. The Balaban J connectivity index is 2.16. The molecule has 1 amide bonds. The Kier molecular flexibility index (Phi) is 7.71. The van der Waals surface area contributed by atoms with E-state index in [-0.39, 0.29) is 23.9 Å². The van der Waals surface area contributed by atoms with Crippen molar-refractivity contribution in [1.29, 1.82) is 0 Å². The standard InChI is InChI=1S/C20H19F6NO3/c1-29-6-5-27(13-28)11-14-3-2-4-18(9-14)30-12-15-7-16(19(21,22)23)10-17(8-15)20(24,25)26/h2-4,7-10,13H,5-6,11-12H2,1H3. The second-order valence-corrected chi connectivity index (χ2v) is 6.42. The van der Waals surface area contributed by atoms with E-state index in [1.165, 1.54) is 18.1 Å². The summed E-state index contributed by atoms with van der Waals surface area (Å²) in [7, 11) is 1.50. The Labute approximate surface area is 169 Å². The van der Waals surface area contributed by atoms with Crippen molar-refractivity contribution in [3.05, 3.63) is 64.7 Å². The van der Waals surface area contributed by atoms with Crippen molar-refractivity contribution >= 4 is 6.41 Å². The van der Waals surface area contributed by atoms with Crippen molar-refractivity contribution in [3.63, 3.8) is 0 Å². The van der Waals surface area contributed by atoms with Gasteiger partial charge in [0.05, 0.1) is 17.7 Å². The van der Waals surface area contributed by atoms with E-state index in [0.29, 0.717) is 37.3 Å². The summed E-state index contributed by atoms with van der Waals surface area (Å²) in [5.41, 5.74) is -2.39. The fourth-order valence-electron chi connectivity index (χ4n) is 2.62. The summed E-state index contributed by atoms with van der Waals surface area (Å²) < 4.78 is 88.0. The normalized spacial score (nSPS) is 12.0. The molecular formula is C20H19F6NO3. The van der Waals surface area contributed by atoms with E-state index in [2.05, 4.69) is 0 Å². The molecule has 2 aromatic carbocycles. The fourth-order valence-corrected chi connectivity index (χ4v) is 2.62. The molecule has 0 unspecified atom stereocenters. The van der Waals surface area contributed by atoms with Crippen LogP contribution in [0, 0.1) is 0 Å². The third kappa shape index (κ3) is 6.94. The first kappa shape index (κ1) is 23.5. The molecule has 30 heavy (non-hydrogen) atoms. The Hall–Kier alpha value is -2.75. The van der Waals surface area contributed by atoms with Gasteiger partial charge in [-0.1, -0.05) is 12.1 Å². The maximum absolute atomic E-state index is 12.9. The van der Waals surface area contributed by atoms with E-state index in [1.54, 1.807) is 18.2 Å². The second kappa shape index (κ2) is 9.84. The topological polar surface area (TPSA) is 38.8 Å². The molecule has 0 bridgehead atoms. The third-order valence-electron chi connectivity index (χ3n) is 4.07. The molecule has 10 heteroatoms. The van der Waals surface area contributed by atoms with Crippen LogP contribution in [0.1, 0.15) is 22.3 Å². The number of alkyl halides is 6. The van der Waals surface area contributed by atoms with Gasteiger partial charge in [-0.25, -0.2) is 0 Å². The van der Waals surface area contributed by atoms with Gasteiger partial charge in [0.15, 0.2) is 0 Å². The predicted octanol–water partition coefficient (Wildman–Crippen LogP) is 4.91. The highest BCUT2D eigenvalue weighted by Crippen LogP contribution is 2.36. The summed E-state index contributed by atoms with van der Waals surface area (Å²) in [4.78, 5) is 12.5. The number of rotatable bonds is 9. The summed E-state index contributed by atoms with van der Waals surface area (Å²) in [6.45, 7) is 0.449. The Morgan fingerprint density at radius 1 is 0.933 bits per heavy atom. The Bertz CT molecular complexity index is 819. The van der Waals surface area contributed by atoms with Crippen LogP contribution in [0.2, 0.25) is 0 Å². The lowest BCUT2D eigenvalue weighted by Gasteiger charge is -2.17. The molecular weight excluding hydrogens is 416 g/mol. The first-order chi connectivity index (χ1) is 14.0.